The third-order valence-corrected chi connectivity index (χ3v) is 4.46. The van der Waals surface area contributed by atoms with Gasteiger partial charge in [0.1, 0.15) is 17.6 Å². The second-order valence-electron chi connectivity index (χ2n) is 6.67. The average Bonchev–Trinajstić information content (AvgIpc) is 3.41. The van der Waals surface area contributed by atoms with Crippen LogP contribution >= 0.6 is 0 Å². The maximum atomic E-state index is 13.1. The van der Waals surface area contributed by atoms with Crippen LogP contribution in [0.5, 0.6) is 0 Å². The van der Waals surface area contributed by atoms with Crippen molar-refractivity contribution in [1.29, 1.82) is 0 Å². The SMILES string of the molecule is Cc1cc(-c2cc(=O)n([C@@H](C)C(=O)Nc3ccc(F)cc3)nc2-c2ccco2)on1. The molecule has 9 heteroatoms. The quantitative estimate of drug-likeness (QED) is 0.539. The Hall–Kier alpha value is -4.01. The number of rotatable bonds is 5. The number of anilines is 1. The summed E-state index contributed by atoms with van der Waals surface area (Å²) in [6, 6.07) is 10.8. The van der Waals surface area contributed by atoms with Gasteiger partial charge in [0.05, 0.1) is 17.5 Å². The number of nitrogens with one attached hydrogen (secondary N) is 1. The van der Waals surface area contributed by atoms with Gasteiger partial charge in [0.15, 0.2) is 11.5 Å². The molecule has 0 aliphatic heterocycles. The van der Waals surface area contributed by atoms with E-state index in [1.165, 1.54) is 43.5 Å². The monoisotopic (exact) mass is 408 g/mol. The van der Waals surface area contributed by atoms with Crippen LogP contribution in [0, 0.1) is 12.7 Å². The van der Waals surface area contributed by atoms with Gasteiger partial charge in [-0.15, -0.1) is 0 Å². The molecule has 0 aliphatic carbocycles. The summed E-state index contributed by atoms with van der Waals surface area (Å²) >= 11 is 0. The minimum Gasteiger partial charge on any atom is -0.463 e. The van der Waals surface area contributed by atoms with Gasteiger partial charge in [-0.3, -0.25) is 9.59 Å². The molecule has 4 aromatic rings. The number of halogens is 1. The lowest BCUT2D eigenvalue weighted by molar-refractivity contribution is -0.119. The molecule has 0 unspecified atom stereocenters. The summed E-state index contributed by atoms with van der Waals surface area (Å²) in [5.74, 6) is -0.136. The van der Waals surface area contributed by atoms with Crippen molar-refractivity contribution in [3.8, 4) is 22.8 Å². The lowest BCUT2D eigenvalue weighted by atomic mass is 10.1. The van der Waals surface area contributed by atoms with E-state index in [0.717, 1.165) is 4.68 Å². The van der Waals surface area contributed by atoms with Gasteiger partial charge in [0.25, 0.3) is 5.56 Å². The summed E-state index contributed by atoms with van der Waals surface area (Å²) < 4.78 is 24.9. The van der Waals surface area contributed by atoms with Gasteiger partial charge in [-0.2, -0.15) is 5.10 Å². The molecule has 0 fully saturated rings. The first kappa shape index (κ1) is 19.3. The van der Waals surface area contributed by atoms with E-state index in [1.54, 1.807) is 25.1 Å². The Labute approximate surface area is 169 Å². The summed E-state index contributed by atoms with van der Waals surface area (Å²) in [4.78, 5) is 25.4. The van der Waals surface area contributed by atoms with E-state index in [4.69, 9.17) is 8.94 Å². The number of carbonyl (C=O) groups is 1. The van der Waals surface area contributed by atoms with Crippen molar-refractivity contribution in [1.82, 2.24) is 14.9 Å². The molecule has 1 aromatic carbocycles. The third kappa shape index (κ3) is 3.77. The van der Waals surface area contributed by atoms with Crippen molar-refractivity contribution in [2.75, 3.05) is 5.32 Å². The molecule has 1 N–H and O–H groups in total. The lowest BCUT2D eigenvalue weighted by Gasteiger charge is -2.16. The molecule has 0 saturated carbocycles. The molecule has 0 aliphatic rings. The molecule has 3 heterocycles. The van der Waals surface area contributed by atoms with Gasteiger partial charge < -0.3 is 14.3 Å². The fraction of sp³-hybridized carbons (Fsp3) is 0.143. The molecule has 152 valence electrons. The first-order valence-corrected chi connectivity index (χ1v) is 9.10. The predicted octanol–water partition coefficient (Wildman–Crippen LogP) is 3.81. The van der Waals surface area contributed by atoms with E-state index < -0.39 is 23.3 Å². The van der Waals surface area contributed by atoms with Gasteiger partial charge in [0.2, 0.25) is 5.91 Å². The van der Waals surface area contributed by atoms with Crippen LogP contribution in [0.15, 0.2) is 68.5 Å². The summed E-state index contributed by atoms with van der Waals surface area (Å²) in [6.45, 7) is 3.30. The third-order valence-electron chi connectivity index (χ3n) is 4.46. The van der Waals surface area contributed by atoms with E-state index in [2.05, 4.69) is 15.6 Å². The lowest BCUT2D eigenvalue weighted by Crippen LogP contribution is -2.33. The zero-order valence-corrected chi connectivity index (χ0v) is 16.1. The Kier molecular flexibility index (Phi) is 5.01. The summed E-state index contributed by atoms with van der Waals surface area (Å²) in [5.41, 5.74) is 1.28. The van der Waals surface area contributed by atoms with E-state index in [-0.39, 0.29) is 0 Å². The standard InChI is InChI=1S/C21H17FN4O4/c1-12-10-18(30-25-12)16-11-19(27)26(24-20(16)17-4-3-9-29-17)13(2)21(28)23-15-7-5-14(22)6-8-15/h3-11,13H,1-2H3,(H,23,28)/t13-/m0/s1. The normalized spacial score (nSPS) is 12.0. The first-order chi connectivity index (χ1) is 14.4. The number of furan rings is 1. The van der Waals surface area contributed by atoms with Crippen LogP contribution in [0.4, 0.5) is 10.1 Å². The molecule has 0 bridgehead atoms. The minimum atomic E-state index is -0.943. The van der Waals surface area contributed by atoms with Gasteiger partial charge >= 0.3 is 0 Å². The van der Waals surface area contributed by atoms with E-state index in [9.17, 15) is 14.0 Å². The van der Waals surface area contributed by atoms with Crippen LogP contribution < -0.4 is 10.9 Å². The molecule has 0 radical (unpaired) electrons. The maximum absolute atomic E-state index is 13.1. The molecule has 8 nitrogen and oxygen atoms in total. The summed E-state index contributed by atoms with van der Waals surface area (Å²) in [6.07, 6.45) is 1.48. The zero-order valence-electron chi connectivity index (χ0n) is 16.1. The topological polar surface area (TPSA) is 103 Å². The number of hydrogen-bond donors (Lipinski definition) is 1. The van der Waals surface area contributed by atoms with Crippen molar-refractivity contribution in [3.05, 3.63) is 76.7 Å². The van der Waals surface area contributed by atoms with Crippen LogP contribution in [0.2, 0.25) is 0 Å². The molecular weight excluding hydrogens is 391 g/mol. The smallest absolute Gasteiger partial charge is 0.268 e. The van der Waals surface area contributed by atoms with E-state index in [1.807, 2.05) is 0 Å². The highest BCUT2D eigenvalue weighted by Gasteiger charge is 2.23. The average molecular weight is 408 g/mol. The number of amides is 1. The van der Waals surface area contributed by atoms with Crippen molar-refractivity contribution < 1.29 is 18.1 Å². The van der Waals surface area contributed by atoms with Gasteiger partial charge in [-0.1, -0.05) is 5.16 Å². The number of aryl methyl sites for hydroxylation is 1. The van der Waals surface area contributed by atoms with Crippen LogP contribution in [0.25, 0.3) is 22.8 Å². The fourth-order valence-corrected chi connectivity index (χ4v) is 2.91. The highest BCUT2D eigenvalue weighted by atomic mass is 19.1. The molecule has 1 amide bonds. The first-order valence-electron chi connectivity index (χ1n) is 9.10. The Morgan fingerprint density at radius 2 is 1.93 bits per heavy atom. The maximum Gasteiger partial charge on any atom is 0.268 e. The second-order valence-corrected chi connectivity index (χ2v) is 6.67. The van der Waals surface area contributed by atoms with Crippen molar-refractivity contribution in [3.63, 3.8) is 0 Å². The number of carbonyl (C=O) groups excluding carboxylic acids is 1. The molecule has 4 rings (SSSR count). The Morgan fingerprint density at radius 3 is 2.57 bits per heavy atom. The second kappa shape index (κ2) is 7.78. The Balaban J connectivity index is 1.73. The number of benzene rings is 1. The molecule has 0 spiro atoms. The highest BCUT2D eigenvalue weighted by Crippen LogP contribution is 2.30. The van der Waals surface area contributed by atoms with Crippen LogP contribution in [0.1, 0.15) is 18.7 Å². The largest absolute Gasteiger partial charge is 0.463 e. The van der Waals surface area contributed by atoms with E-state index >= 15 is 0 Å². The van der Waals surface area contributed by atoms with Crippen LogP contribution in [-0.2, 0) is 4.79 Å². The van der Waals surface area contributed by atoms with E-state index in [0.29, 0.717) is 34.2 Å². The van der Waals surface area contributed by atoms with Gasteiger partial charge in [-0.05, 0) is 50.2 Å². The van der Waals surface area contributed by atoms with Gasteiger partial charge in [-0.25, -0.2) is 9.07 Å². The summed E-state index contributed by atoms with van der Waals surface area (Å²) in [5, 5.41) is 10.9. The fourth-order valence-electron chi connectivity index (χ4n) is 2.91. The molecule has 1 atom stereocenters. The van der Waals surface area contributed by atoms with Crippen LogP contribution in [0.3, 0.4) is 0 Å². The highest BCUT2D eigenvalue weighted by molar-refractivity contribution is 5.93. The van der Waals surface area contributed by atoms with Crippen molar-refractivity contribution in [2.45, 2.75) is 19.9 Å². The summed E-state index contributed by atoms with van der Waals surface area (Å²) in [7, 11) is 0. The van der Waals surface area contributed by atoms with Gasteiger partial charge in [0, 0.05) is 17.8 Å². The molecule has 3 aromatic heterocycles. The van der Waals surface area contributed by atoms with Crippen molar-refractivity contribution >= 4 is 11.6 Å². The molecular formula is C21H17FN4O4. The zero-order chi connectivity index (χ0) is 21.3. The van der Waals surface area contributed by atoms with Crippen molar-refractivity contribution in [2.24, 2.45) is 0 Å². The minimum absolute atomic E-state index is 0.331. The molecule has 30 heavy (non-hydrogen) atoms. The number of nitrogens with zero attached hydrogens (tertiary/aromatic N) is 3. The predicted molar refractivity (Wildman–Crippen MR) is 106 cm³/mol. The Morgan fingerprint density at radius 1 is 1.17 bits per heavy atom. The molecule has 0 saturated heterocycles. The van der Waals surface area contributed by atoms with Crippen LogP contribution in [-0.4, -0.2) is 20.8 Å². The Bertz CT molecular complexity index is 1240. The number of aromatic nitrogens is 3. The number of hydrogen-bond acceptors (Lipinski definition) is 6.